The zero-order chi connectivity index (χ0) is 21.4. The molecule has 8 nitrogen and oxygen atoms in total. The number of carbonyl (C=O) groups is 2. The van der Waals surface area contributed by atoms with Gasteiger partial charge in [0.1, 0.15) is 11.6 Å². The third-order valence-electron chi connectivity index (χ3n) is 3.75. The molecule has 0 aromatic heterocycles. The van der Waals surface area contributed by atoms with Crippen LogP contribution in [-0.2, 0) is 14.8 Å². The van der Waals surface area contributed by atoms with E-state index in [0.29, 0.717) is 23.4 Å². The molecule has 2 amide bonds. The average Bonchev–Trinajstić information content (AvgIpc) is 2.64. The van der Waals surface area contributed by atoms with Gasteiger partial charge in [0, 0.05) is 24.2 Å². The number of halogens is 1. The minimum Gasteiger partial charge on any atom is -0.495 e. The SMILES string of the molecule is COc1ccc(NC(=O)CCCNC(=O)c2ccc(F)cc2)cc1NS(C)(=O)=O. The van der Waals surface area contributed by atoms with Crippen LogP contribution < -0.4 is 20.1 Å². The number of sulfonamides is 1. The average molecular weight is 423 g/mol. The molecule has 0 aliphatic heterocycles. The number of rotatable bonds is 9. The smallest absolute Gasteiger partial charge is 0.251 e. The van der Waals surface area contributed by atoms with Gasteiger partial charge in [-0.2, -0.15) is 0 Å². The Hall–Kier alpha value is -3.14. The van der Waals surface area contributed by atoms with E-state index in [2.05, 4.69) is 15.4 Å². The van der Waals surface area contributed by atoms with Crippen molar-refractivity contribution in [3.8, 4) is 5.75 Å². The summed E-state index contributed by atoms with van der Waals surface area (Å²) in [6.45, 7) is 0.271. The maximum absolute atomic E-state index is 12.9. The van der Waals surface area contributed by atoms with Crippen LogP contribution in [-0.4, -0.2) is 40.1 Å². The van der Waals surface area contributed by atoms with Crippen LogP contribution in [0.2, 0.25) is 0 Å². The summed E-state index contributed by atoms with van der Waals surface area (Å²) in [6.07, 6.45) is 1.55. The predicted molar refractivity (Wildman–Crippen MR) is 108 cm³/mol. The summed E-state index contributed by atoms with van der Waals surface area (Å²) >= 11 is 0. The van der Waals surface area contributed by atoms with E-state index in [1.165, 1.54) is 43.5 Å². The molecular formula is C19H22FN3O5S. The van der Waals surface area contributed by atoms with Crippen molar-refractivity contribution in [2.45, 2.75) is 12.8 Å². The quantitative estimate of drug-likeness (QED) is 0.536. The second-order valence-corrected chi connectivity index (χ2v) is 7.95. The van der Waals surface area contributed by atoms with Crippen LogP contribution >= 0.6 is 0 Å². The van der Waals surface area contributed by atoms with E-state index >= 15 is 0 Å². The topological polar surface area (TPSA) is 114 Å². The van der Waals surface area contributed by atoms with Crippen molar-refractivity contribution in [1.82, 2.24) is 5.32 Å². The van der Waals surface area contributed by atoms with Gasteiger partial charge in [-0.05, 0) is 48.9 Å². The van der Waals surface area contributed by atoms with Gasteiger partial charge in [-0.1, -0.05) is 0 Å². The van der Waals surface area contributed by atoms with E-state index in [1.807, 2.05) is 0 Å². The second-order valence-electron chi connectivity index (χ2n) is 6.20. The van der Waals surface area contributed by atoms with Crippen LogP contribution in [0.1, 0.15) is 23.2 Å². The molecule has 0 fully saturated rings. The first kappa shape index (κ1) is 22.2. The number of carbonyl (C=O) groups excluding carboxylic acids is 2. The maximum atomic E-state index is 12.9. The number of amides is 2. The minimum atomic E-state index is -3.51. The molecule has 29 heavy (non-hydrogen) atoms. The standard InChI is InChI=1S/C19H22FN3O5S/c1-28-17-10-9-15(12-16(17)23-29(2,26)27)22-18(24)4-3-11-21-19(25)13-5-7-14(20)8-6-13/h5-10,12,23H,3-4,11H2,1-2H3,(H,21,25)(H,22,24). The molecule has 0 aliphatic carbocycles. The first-order valence-corrected chi connectivity index (χ1v) is 10.6. The van der Waals surface area contributed by atoms with E-state index in [0.717, 1.165) is 6.26 Å². The van der Waals surface area contributed by atoms with Gasteiger partial charge in [0.05, 0.1) is 19.1 Å². The number of methoxy groups -OCH3 is 1. The Morgan fingerprint density at radius 1 is 1.10 bits per heavy atom. The fourth-order valence-electron chi connectivity index (χ4n) is 2.44. The van der Waals surface area contributed by atoms with Crippen LogP contribution in [0.15, 0.2) is 42.5 Å². The molecule has 2 aromatic carbocycles. The van der Waals surface area contributed by atoms with Gasteiger partial charge in [0.15, 0.2) is 0 Å². The number of hydrogen-bond donors (Lipinski definition) is 3. The lowest BCUT2D eigenvalue weighted by molar-refractivity contribution is -0.116. The highest BCUT2D eigenvalue weighted by atomic mass is 32.2. The second kappa shape index (κ2) is 9.87. The van der Waals surface area contributed by atoms with Gasteiger partial charge >= 0.3 is 0 Å². The third-order valence-corrected chi connectivity index (χ3v) is 4.34. The third kappa shape index (κ3) is 7.41. The van der Waals surface area contributed by atoms with Crippen molar-refractivity contribution in [1.29, 1.82) is 0 Å². The highest BCUT2D eigenvalue weighted by Crippen LogP contribution is 2.28. The largest absolute Gasteiger partial charge is 0.495 e. The summed E-state index contributed by atoms with van der Waals surface area (Å²) in [5, 5.41) is 5.31. The van der Waals surface area contributed by atoms with Gasteiger partial charge in [-0.3, -0.25) is 14.3 Å². The van der Waals surface area contributed by atoms with E-state index in [4.69, 9.17) is 4.74 Å². The summed E-state index contributed by atoms with van der Waals surface area (Å²) < 4.78 is 43.2. The molecule has 0 aliphatic rings. The van der Waals surface area contributed by atoms with Crippen molar-refractivity contribution in [3.05, 3.63) is 53.8 Å². The highest BCUT2D eigenvalue weighted by Gasteiger charge is 2.11. The first-order chi connectivity index (χ1) is 13.7. The van der Waals surface area contributed by atoms with Crippen molar-refractivity contribution in [2.75, 3.05) is 29.9 Å². The molecule has 0 unspecified atom stereocenters. The molecule has 2 aromatic rings. The zero-order valence-corrected chi connectivity index (χ0v) is 16.8. The summed E-state index contributed by atoms with van der Waals surface area (Å²) in [7, 11) is -2.11. The highest BCUT2D eigenvalue weighted by molar-refractivity contribution is 7.92. The molecule has 0 atom stereocenters. The number of nitrogens with one attached hydrogen (secondary N) is 3. The number of benzene rings is 2. The molecular weight excluding hydrogens is 401 g/mol. The first-order valence-electron chi connectivity index (χ1n) is 8.67. The molecule has 3 N–H and O–H groups in total. The van der Waals surface area contributed by atoms with Crippen molar-refractivity contribution < 1.29 is 27.1 Å². The Morgan fingerprint density at radius 2 is 1.79 bits per heavy atom. The summed E-state index contributed by atoms with van der Waals surface area (Å²) in [5.41, 5.74) is 0.941. The van der Waals surface area contributed by atoms with E-state index in [1.54, 1.807) is 6.07 Å². The number of anilines is 2. The van der Waals surface area contributed by atoms with Crippen LogP contribution in [0.3, 0.4) is 0 Å². The van der Waals surface area contributed by atoms with Gasteiger partial charge < -0.3 is 15.4 Å². The van der Waals surface area contributed by atoms with Crippen molar-refractivity contribution >= 4 is 33.2 Å². The predicted octanol–water partition coefficient (Wildman–Crippen LogP) is 2.35. The van der Waals surface area contributed by atoms with Crippen LogP contribution in [0.4, 0.5) is 15.8 Å². The molecule has 2 rings (SSSR count). The van der Waals surface area contributed by atoms with Crippen LogP contribution in [0.5, 0.6) is 5.75 Å². The molecule has 156 valence electrons. The van der Waals surface area contributed by atoms with E-state index < -0.39 is 15.8 Å². The molecule has 0 saturated carbocycles. The fraction of sp³-hybridized carbons (Fsp3) is 0.263. The lowest BCUT2D eigenvalue weighted by atomic mass is 10.2. The number of ether oxygens (including phenoxy) is 1. The lowest BCUT2D eigenvalue weighted by Gasteiger charge is -2.12. The van der Waals surface area contributed by atoms with Crippen LogP contribution in [0, 0.1) is 5.82 Å². The molecule has 0 heterocycles. The Bertz CT molecular complexity index is 978. The van der Waals surface area contributed by atoms with Gasteiger partial charge in [-0.15, -0.1) is 0 Å². The molecule has 0 spiro atoms. The van der Waals surface area contributed by atoms with Crippen molar-refractivity contribution in [2.24, 2.45) is 0 Å². The number of hydrogen-bond acceptors (Lipinski definition) is 5. The Balaban J connectivity index is 1.83. The summed E-state index contributed by atoms with van der Waals surface area (Å²) in [6, 6.07) is 9.72. The van der Waals surface area contributed by atoms with Gasteiger partial charge in [-0.25, -0.2) is 12.8 Å². The maximum Gasteiger partial charge on any atom is 0.251 e. The molecule has 10 heteroatoms. The van der Waals surface area contributed by atoms with E-state index in [9.17, 15) is 22.4 Å². The molecule has 0 bridgehead atoms. The molecule has 0 saturated heterocycles. The summed E-state index contributed by atoms with van der Waals surface area (Å²) in [4.78, 5) is 24.0. The Labute approximate surface area is 168 Å². The normalized spacial score (nSPS) is 10.9. The summed E-state index contributed by atoms with van der Waals surface area (Å²) in [5.74, 6) is -0.753. The Morgan fingerprint density at radius 3 is 2.41 bits per heavy atom. The van der Waals surface area contributed by atoms with Crippen LogP contribution in [0.25, 0.3) is 0 Å². The van der Waals surface area contributed by atoms with Crippen molar-refractivity contribution in [3.63, 3.8) is 0 Å². The fourth-order valence-corrected chi connectivity index (χ4v) is 3.00. The zero-order valence-electron chi connectivity index (χ0n) is 16.0. The molecule has 0 radical (unpaired) electrons. The minimum absolute atomic E-state index is 0.143. The monoisotopic (exact) mass is 423 g/mol. The van der Waals surface area contributed by atoms with E-state index in [-0.39, 0.29) is 30.5 Å². The Kier molecular flexibility index (Phi) is 7.54. The van der Waals surface area contributed by atoms with Gasteiger partial charge in [0.2, 0.25) is 15.9 Å². The van der Waals surface area contributed by atoms with Gasteiger partial charge in [0.25, 0.3) is 5.91 Å². The lowest BCUT2D eigenvalue weighted by Crippen LogP contribution is -2.25.